The normalized spacial score (nSPS) is 13.2. The molecule has 0 saturated heterocycles. The third-order valence-electron chi connectivity index (χ3n) is 3.59. The number of nitrogens with zero attached hydrogens (tertiary/aromatic N) is 1. The van der Waals surface area contributed by atoms with E-state index < -0.39 is 10.9 Å². The van der Waals surface area contributed by atoms with Gasteiger partial charge in [-0.3, -0.25) is 9.59 Å². The van der Waals surface area contributed by atoms with Crippen molar-refractivity contribution in [2.75, 3.05) is 24.2 Å². The zero-order valence-corrected chi connectivity index (χ0v) is 11.1. The Morgan fingerprint density at radius 3 is 2.24 bits per heavy atom. The molecule has 0 heterocycles. The molecule has 1 rings (SSSR count). The standard InChI is InChI=1S/C13H22N2O2/c1-8(2)9(3)6-5-7-15(4)11-10(14)12(16)13(11)17/h8-9H,5-7,14H2,1-4H3. The molecule has 0 spiro atoms. The number of hydrogen-bond donors (Lipinski definition) is 1. The maximum absolute atomic E-state index is 11.3. The van der Waals surface area contributed by atoms with E-state index in [2.05, 4.69) is 20.8 Å². The van der Waals surface area contributed by atoms with Crippen LogP contribution in [0.2, 0.25) is 0 Å². The van der Waals surface area contributed by atoms with Gasteiger partial charge in [0, 0.05) is 13.6 Å². The smallest absolute Gasteiger partial charge is 0.253 e. The molecule has 1 aromatic carbocycles. The number of nitrogens with two attached hydrogens (primary N) is 1. The molecule has 1 aromatic rings. The van der Waals surface area contributed by atoms with Crippen molar-refractivity contribution >= 4 is 11.4 Å². The monoisotopic (exact) mass is 238 g/mol. The van der Waals surface area contributed by atoms with Crippen molar-refractivity contribution in [3.05, 3.63) is 20.4 Å². The van der Waals surface area contributed by atoms with Crippen molar-refractivity contribution in [1.82, 2.24) is 0 Å². The van der Waals surface area contributed by atoms with Crippen LogP contribution in [0.15, 0.2) is 9.59 Å². The van der Waals surface area contributed by atoms with Crippen molar-refractivity contribution in [1.29, 1.82) is 0 Å². The van der Waals surface area contributed by atoms with Gasteiger partial charge in [-0.15, -0.1) is 0 Å². The minimum Gasteiger partial charge on any atom is -0.394 e. The van der Waals surface area contributed by atoms with Crippen molar-refractivity contribution in [2.45, 2.75) is 33.6 Å². The molecule has 0 aliphatic carbocycles. The molecule has 4 nitrogen and oxygen atoms in total. The molecule has 1 unspecified atom stereocenters. The highest BCUT2D eigenvalue weighted by Gasteiger charge is 2.21. The Balaban J connectivity index is 2.44. The van der Waals surface area contributed by atoms with Crippen molar-refractivity contribution < 1.29 is 0 Å². The van der Waals surface area contributed by atoms with Gasteiger partial charge in [-0.05, 0) is 24.7 Å². The molecule has 17 heavy (non-hydrogen) atoms. The molecule has 0 bridgehead atoms. The zero-order chi connectivity index (χ0) is 13.2. The summed E-state index contributed by atoms with van der Waals surface area (Å²) in [6, 6.07) is 0. The third kappa shape index (κ3) is 2.87. The van der Waals surface area contributed by atoms with Gasteiger partial charge in [0.15, 0.2) is 0 Å². The van der Waals surface area contributed by atoms with Crippen LogP contribution in [0.25, 0.3) is 0 Å². The highest BCUT2D eigenvalue weighted by molar-refractivity contribution is 5.72. The summed E-state index contributed by atoms with van der Waals surface area (Å²) in [4.78, 5) is 24.1. The first-order chi connectivity index (χ1) is 7.86. The van der Waals surface area contributed by atoms with Crippen LogP contribution in [-0.4, -0.2) is 13.6 Å². The summed E-state index contributed by atoms with van der Waals surface area (Å²) in [5.41, 5.74) is 5.04. The van der Waals surface area contributed by atoms with Crippen LogP contribution in [-0.2, 0) is 0 Å². The number of rotatable bonds is 6. The van der Waals surface area contributed by atoms with Crippen LogP contribution in [0.5, 0.6) is 0 Å². The molecule has 0 aliphatic rings. The largest absolute Gasteiger partial charge is 0.394 e. The second-order valence-electron chi connectivity index (χ2n) is 5.21. The second kappa shape index (κ2) is 5.34. The number of anilines is 2. The van der Waals surface area contributed by atoms with Crippen molar-refractivity contribution in [3.63, 3.8) is 0 Å². The molecule has 0 fully saturated rings. The van der Waals surface area contributed by atoms with Gasteiger partial charge in [0.2, 0.25) is 0 Å². The lowest BCUT2D eigenvalue weighted by Crippen LogP contribution is -2.41. The molecule has 0 radical (unpaired) electrons. The SMILES string of the molecule is CC(C)C(C)CCCN(C)c1c(N)c(=O)c1=O. The Hall–Kier alpha value is -1.32. The van der Waals surface area contributed by atoms with Gasteiger partial charge >= 0.3 is 0 Å². The Morgan fingerprint density at radius 2 is 1.76 bits per heavy atom. The highest BCUT2D eigenvalue weighted by atomic mass is 16.2. The fourth-order valence-corrected chi connectivity index (χ4v) is 1.87. The van der Waals surface area contributed by atoms with Crippen molar-refractivity contribution in [3.8, 4) is 0 Å². The second-order valence-corrected chi connectivity index (χ2v) is 5.21. The zero-order valence-electron chi connectivity index (χ0n) is 11.1. The lowest BCUT2D eigenvalue weighted by atomic mass is 9.93. The van der Waals surface area contributed by atoms with E-state index in [0.29, 0.717) is 17.5 Å². The van der Waals surface area contributed by atoms with Crippen LogP contribution in [0.4, 0.5) is 11.4 Å². The Labute approximate surface area is 102 Å². The van der Waals surface area contributed by atoms with Gasteiger partial charge in [0.05, 0.1) is 0 Å². The summed E-state index contributed by atoms with van der Waals surface area (Å²) in [6.07, 6.45) is 2.13. The Morgan fingerprint density at radius 1 is 1.18 bits per heavy atom. The van der Waals surface area contributed by atoms with E-state index in [-0.39, 0.29) is 5.69 Å². The van der Waals surface area contributed by atoms with Crippen LogP contribution in [0, 0.1) is 11.8 Å². The van der Waals surface area contributed by atoms with Gasteiger partial charge in [-0.1, -0.05) is 20.8 Å². The van der Waals surface area contributed by atoms with Crippen LogP contribution < -0.4 is 21.5 Å². The van der Waals surface area contributed by atoms with E-state index in [0.717, 1.165) is 19.4 Å². The summed E-state index contributed by atoms with van der Waals surface area (Å²) in [5.74, 6) is 1.35. The highest BCUT2D eigenvalue weighted by Crippen LogP contribution is 2.18. The molecule has 0 aliphatic heterocycles. The van der Waals surface area contributed by atoms with E-state index in [1.165, 1.54) is 0 Å². The predicted octanol–water partition coefficient (Wildman–Crippen LogP) is 1.37. The van der Waals surface area contributed by atoms with Crippen LogP contribution in [0.1, 0.15) is 33.6 Å². The summed E-state index contributed by atoms with van der Waals surface area (Å²) in [7, 11) is 1.81. The lowest BCUT2D eigenvalue weighted by molar-refractivity contribution is 0.383. The fraction of sp³-hybridized carbons (Fsp3) is 0.692. The minimum atomic E-state index is -0.539. The van der Waals surface area contributed by atoms with E-state index >= 15 is 0 Å². The molecule has 96 valence electrons. The van der Waals surface area contributed by atoms with E-state index in [1.807, 2.05) is 7.05 Å². The molecule has 0 aromatic heterocycles. The van der Waals surface area contributed by atoms with Gasteiger partial charge < -0.3 is 10.6 Å². The molecule has 4 heteroatoms. The minimum absolute atomic E-state index is 0.120. The average Bonchev–Trinajstić information content (AvgIpc) is 2.28. The first-order valence-electron chi connectivity index (χ1n) is 6.16. The molecular weight excluding hydrogens is 216 g/mol. The summed E-state index contributed by atoms with van der Waals surface area (Å²) in [6.45, 7) is 7.43. The van der Waals surface area contributed by atoms with E-state index in [9.17, 15) is 9.59 Å². The number of nitrogen functional groups attached to an aromatic ring is 1. The molecule has 2 N–H and O–H groups in total. The van der Waals surface area contributed by atoms with Crippen molar-refractivity contribution in [2.24, 2.45) is 11.8 Å². The quantitative estimate of drug-likeness (QED) is 0.760. The summed E-state index contributed by atoms with van der Waals surface area (Å²) < 4.78 is 0. The fourth-order valence-electron chi connectivity index (χ4n) is 1.87. The average molecular weight is 238 g/mol. The predicted molar refractivity (Wildman–Crippen MR) is 72.3 cm³/mol. The first-order valence-corrected chi connectivity index (χ1v) is 6.16. The Bertz CT molecular complexity index is 444. The van der Waals surface area contributed by atoms with Gasteiger partial charge in [-0.2, -0.15) is 0 Å². The molecular formula is C13H22N2O2. The Kier molecular flexibility index (Phi) is 4.32. The van der Waals surface area contributed by atoms with E-state index in [1.54, 1.807) is 4.90 Å². The molecule has 1 atom stereocenters. The van der Waals surface area contributed by atoms with Crippen LogP contribution in [0.3, 0.4) is 0 Å². The molecule has 0 saturated carbocycles. The van der Waals surface area contributed by atoms with Crippen LogP contribution >= 0.6 is 0 Å². The van der Waals surface area contributed by atoms with E-state index in [4.69, 9.17) is 5.73 Å². The number of hydrogen-bond acceptors (Lipinski definition) is 4. The maximum atomic E-state index is 11.3. The van der Waals surface area contributed by atoms with Gasteiger partial charge in [-0.25, -0.2) is 0 Å². The lowest BCUT2D eigenvalue weighted by Gasteiger charge is -2.22. The first kappa shape index (κ1) is 13.7. The summed E-state index contributed by atoms with van der Waals surface area (Å²) >= 11 is 0. The third-order valence-corrected chi connectivity index (χ3v) is 3.59. The summed E-state index contributed by atoms with van der Waals surface area (Å²) in [5, 5.41) is 0. The van der Waals surface area contributed by atoms with Gasteiger partial charge in [0.25, 0.3) is 10.9 Å². The topological polar surface area (TPSA) is 63.4 Å². The maximum Gasteiger partial charge on any atom is 0.253 e. The molecule has 0 amide bonds. The van der Waals surface area contributed by atoms with Gasteiger partial charge in [0.1, 0.15) is 11.4 Å².